The first-order valence-corrected chi connectivity index (χ1v) is 10.4. The minimum Gasteiger partial charge on any atom is -0.381 e. The summed E-state index contributed by atoms with van der Waals surface area (Å²) in [6.45, 7) is 4.02. The fourth-order valence-corrected chi connectivity index (χ4v) is 3.33. The summed E-state index contributed by atoms with van der Waals surface area (Å²) in [6.07, 6.45) is 1.97. The molecule has 1 unspecified atom stereocenters. The fourth-order valence-electron chi connectivity index (χ4n) is 3.33. The molecule has 0 aliphatic carbocycles. The van der Waals surface area contributed by atoms with Crippen molar-refractivity contribution in [2.45, 2.75) is 32.8 Å². The van der Waals surface area contributed by atoms with Crippen LogP contribution in [0, 0.1) is 6.92 Å². The zero-order valence-corrected chi connectivity index (χ0v) is 18.2. The minimum atomic E-state index is -1.30. The maximum Gasteiger partial charge on any atom is 0.256 e. The van der Waals surface area contributed by atoms with Crippen LogP contribution in [-0.4, -0.2) is 48.6 Å². The number of carbonyl (C=O) groups excluding carboxylic acids is 1. The number of aryl methyl sites for hydroxylation is 3. The molecule has 1 aromatic carbocycles. The van der Waals surface area contributed by atoms with E-state index in [1.807, 2.05) is 38.1 Å². The van der Waals surface area contributed by atoms with Gasteiger partial charge in [-0.25, -0.2) is 4.98 Å². The number of nitrogens with zero attached hydrogens (tertiary/aromatic N) is 5. The number of hydrogen-bond acceptors (Lipinski definition) is 8. The fraction of sp³-hybridized carbons (Fsp3) is 0.318. The van der Waals surface area contributed by atoms with E-state index >= 15 is 0 Å². The average Bonchev–Trinajstić information content (AvgIpc) is 3.38. The molecule has 1 amide bonds. The molecule has 0 aliphatic rings. The molecule has 0 spiro atoms. The summed E-state index contributed by atoms with van der Waals surface area (Å²) in [5.74, 6) is 1.25. The van der Waals surface area contributed by atoms with E-state index in [0.29, 0.717) is 29.6 Å². The lowest BCUT2D eigenvalue weighted by Gasteiger charge is -2.13. The number of pyridine rings is 1. The van der Waals surface area contributed by atoms with Gasteiger partial charge in [-0.15, -0.1) is 0 Å². The van der Waals surface area contributed by atoms with Gasteiger partial charge < -0.3 is 20.3 Å². The monoisotopic (exact) mass is 435 g/mol. The second-order valence-corrected chi connectivity index (χ2v) is 7.57. The lowest BCUT2D eigenvalue weighted by molar-refractivity contribution is -0.123. The van der Waals surface area contributed by atoms with Crippen molar-refractivity contribution in [3.8, 4) is 11.5 Å². The topological polar surface area (TPSA) is 131 Å². The van der Waals surface area contributed by atoms with Gasteiger partial charge >= 0.3 is 0 Å². The molecule has 1 atom stereocenters. The van der Waals surface area contributed by atoms with Gasteiger partial charge in [0, 0.05) is 31.1 Å². The van der Waals surface area contributed by atoms with Gasteiger partial charge in [0.15, 0.2) is 5.82 Å². The van der Waals surface area contributed by atoms with Crippen LogP contribution in [-0.2, 0) is 18.3 Å². The molecule has 0 radical (unpaired) electrons. The zero-order chi connectivity index (χ0) is 22.7. The number of aromatic nitrogens is 5. The van der Waals surface area contributed by atoms with Crippen molar-refractivity contribution in [3.05, 3.63) is 48.0 Å². The van der Waals surface area contributed by atoms with Gasteiger partial charge in [-0.1, -0.05) is 29.8 Å². The molecular weight excluding hydrogens is 410 g/mol. The first-order chi connectivity index (χ1) is 15.4. The Bertz CT molecular complexity index is 1250. The highest BCUT2D eigenvalue weighted by Crippen LogP contribution is 2.22. The zero-order valence-electron chi connectivity index (χ0n) is 18.2. The number of aliphatic hydroxyl groups is 1. The van der Waals surface area contributed by atoms with Gasteiger partial charge in [-0.2, -0.15) is 10.1 Å². The quantitative estimate of drug-likeness (QED) is 0.385. The Labute approximate surface area is 184 Å². The molecule has 10 nitrogen and oxygen atoms in total. The first kappa shape index (κ1) is 21.4. The van der Waals surface area contributed by atoms with Gasteiger partial charge in [-0.3, -0.25) is 9.48 Å². The second-order valence-electron chi connectivity index (χ2n) is 7.57. The number of carbonyl (C=O) groups is 1. The van der Waals surface area contributed by atoms with Crippen molar-refractivity contribution in [2.75, 3.05) is 17.2 Å². The Kier molecular flexibility index (Phi) is 6.13. The molecule has 3 heterocycles. The number of rotatable bonds is 8. The summed E-state index contributed by atoms with van der Waals surface area (Å²) < 4.78 is 6.76. The van der Waals surface area contributed by atoms with E-state index in [9.17, 15) is 9.90 Å². The SMILES string of the molecule is CCCc1nc(-c2cc(NC(=O)C(O)CNc3nccc4ccc(C)cc34)nn2C)no1. The Morgan fingerprint density at radius 3 is 2.94 bits per heavy atom. The van der Waals surface area contributed by atoms with Crippen molar-refractivity contribution in [1.82, 2.24) is 24.9 Å². The predicted molar refractivity (Wildman–Crippen MR) is 120 cm³/mol. The highest BCUT2D eigenvalue weighted by Gasteiger charge is 2.19. The third-order valence-corrected chi connectivity index (χ3v) is 4.98. The summed E-state index contributed by atoms with van der Waals surface area (Å²) >= 11 is 0. The third kappa shape index (κ3) is 4.59. The molecule has 0 saturated carbocycles. The van der Waals surface area contributed by atoms with Crippen LogP contribution in [0.4, 0.5) is 11.6 Å². The number of hydrogen-bond donors (Lipinski definition) is 3. The van der Waals surface area contributed by atoms with Gasteiger partial charge in [-0.05, 0) is 30.9 Å². The molecule has 10 heteroatoms. The largest absolute Gasteiger partial charge is 0.381 e. The Morgan fingerprint density at radius 1 is 1.28 bits per heavy atom. The Morgan fingerprint density at radius 2 is 2.12 bits per heavy atom. The third-order valence-electron chi connectivity index (χ3n) is 4.98. The van der Waals surface area contributed by atoms with Crippen LogP contribution in [0.25, 0.3) is 22.3 Å². The molecule has 4 rings (SSSR count). The van der Waals surface area contributed by atoms with E-state index in [-0.39, 0.29) is 12.4 Å². The average molecular weight is 435 g/mol. The molecule has 0 saturated heterocycles. The van der Waals surface area contributed by atoms with Crippen molar-refractivity contribution in [3.63, 3.8) is 0 Å². The Hall–Kier alpha value is -3.79. The van der Waals surface area contributed by atoms with Crippen LogP contribution in [0.1, 0.15) is 24.8 Å². The van der Waals surface area contributed by atoms with Crippen molar-refractivity contribution < 1.29 is 14.4 Å². The lowest BCUT2D eigenvalue weighted by Crippen LogP contribution is -2.34. The number of anilines is 2. The summed E-state index contributed by atoms with van der Waals surface area (Å²) in [5.41, 5.74) is 1.69. The van der Waals surface area contributed by atoms with Crippen molar-refractivity contribution >= 4 is 28.3 Å². The van der Waals surface area contributed by atoms with E-state index in [2.05, 4.69) is 30.9 Å². The Balaban J connectivity index is 1.40. The molecule has 0 aliphatic heterocycles. The van der Waals surface area contributed by atoms with E-state index in [1.165, 1.54) is 0 Å². The van der Waals surface area contributed by atoms with Crippen molar-refractivity contribution in [1.29, 1.82) is 0 Å². The lowest BCUT2D eigenvalue weighted by atomic mass is 10.1. The van der Waals surface area contributed by atoms with Gasteiger partial charge in [0.2, 0.25) is 11.7 Å². The maximum atomic E-state index is 12.5. The van der Waals surface area contributed by atoms with Crippen molar-refractivity contribution in [2.24, 2.45) is 7.05 Å². The van der Waals surface area contributed by atoms with E-state index in [0.717, 1.165) is 22.8 Å². The van der Waals surface area contributed by atoms with Crippen LogP contribution in [0.2, 0.25) is 0 Å². The van der Waals surface area contributed by atoms with Crippen LogP contribution < -0.4 is 10.6 Å². The van der Waals surface area contributed by atoms with E-state index in [4.69, 9.17) is 4.52 Å². The standard InChI is InChI=1S/C22H25N7O3/c1-4-5-19-26-21(28-32-19)16-11-18(27-29(16)3)25-22(31)17(30)12-24-20-15-10-13(2)6-7-14(15)8-9-23-20/h6-11,17,30H,4-5,12H2,1-3H3,(H,23,24)(H,25,27,31). The minimum absolute atomic E-state index is 0.00318. The predicted octanol–water partition coefficient (Wildman–Crippen LogP) is 2.69. The highest BCUT2D eigenvalue weighted by molar-refractivity contribution is 5.95. The van der Waals surface area contributed by atoms with Gasteiger partial charge in [0.25, 0.3) is 5.91 Å². The maximum absolute atomic E-state index is 12.5. The van der Waals surface area contributed by atoms with Gasteiger partial charge in [0.05, 0.1) is 6.54 Å². The molecule has 3 aromatic heterocycles. The molecule has 32 heavy (non-hydrogen) atoms. The van der Waals surface area contributed by atoms with Gasteiger partial charge in [0.1, 0.15) is 17.6 Å². The number of amides is 1. The number of nitrogens with one attached hydrogen (secondary N) is 2. The summed E-state index contributed by atoms with van der Waals surface area (Å²) in [4.78, 5) is 21.1. The van der Waals surface area contributed by atoms with Crippen LogP contribution in [0.5, 0.6) is 0 Å². The highest BCUT2D eigenvalue weighted by atomic mass is 16.5. The summed E-state index contributed by atoms with van der Waals surface area (Å²) in [6, 6.07) is 9.59. The molecule has 0 fully saturated rings. The number of aliphatic hydroxyl groups excluding tert-OH is 1. The molecule has 3 N–H and O–H groups in total. The van der Waals surface area contributed by atoms with E-state index < -0.39 is 12.0 Å². The number of fused-ring (bicyclic) bond motifs is 1. The van der Waals surface area contributed by atoms with Crippen LogP contribution in [0.15, 0.2) is 41.1 Å². The molecular formula is C22H25N7O3. The molecule has 0 bridgehead atoms. The first-order valence-electron chi connectivity index (χ1n) is 10.4. The van der Waals surface area contributed by atoms with E-state index in [1.54, 1.807) is 24.0 Å². The molecule has 4 aromatic rings. The summed E-state index contributed by atoms with van der Waals surface area (Å²) in [7, 11) is 1.72. The molecule has 166 valence electrons. The summed E-state index contributed by atoms with van der Waals surface area (Å²) in [5, 5.41) is 26.2. The second kappa shape index (κ2) is 9.15. The smallest absolute Gasteiger partial charge is 0.256 e. The number of benzene rings is 1. The van der Waals surface area contributed by atoms with Crippen LogP contribution >= 0.6 is 0 Å². The normalized spacial score (nSPS) is 12.1. The van der Waals surface area contributed by atoms with Crippen LogP contribution in [0.3, 0.4) is 0 Å².